The number of ether oxygens (including phenoxy) is 3. The van der Waals surface area contributed by atoms with E-state index in [1.54, 1.807) is 31.1 Å². The van der Waals surface area contributed by atoms with Crippen LogP contribution in [0.2, 0.25) is 0 Å². The van der Waals surface area contributed by atoms with Gasteiger partial charge in [-0.2, -0.15) is 0 Å². The number of likely N-dealkylation sites (N-methyl/N-ethyl adjacent to an activating group) is 2. The lowest BCUT2D eigenvalue weighted by Gasteiger charge is -2.41. The zero-order valence-electron chi connectivity index (χ0n) is 41.9. The average molecular weight is 920 g/mol. The molecule has 368 valence electrons. The highest BCUT2D eigenvalue weighted by molar-refractivity contribution is 5.90. The van der Waals surface area contributed by atoms with Gasteiger partial charge in [-0.3, -0.25) is 33.7 Å². The van der Waals surface area contributed by atoms with Crippen LogP contribution in [0.15, 0.2) is 60.7 Å². The van der Waals surface area contributed by atoms with Gasteiger partial charge in [-0.15, -0.1) is 0 Å². The van der Waals surface area contributed by atoms with Gasteiger partial charge in [-0.05, 0) is 67.7 Å². The van der Waals surface area contributed by atoms with Gasteiger partial charge < -0.3 is 29.1 Å². The fraction of sp³-hybridized carbons (Fsp3) is 0.660. The Morgan fingerprint density at radius 1 is 0.788 bits per heavy atom. The largest absolute Gasteiger partial charge is 0.481 e. The van der Waals surface area contributed by atoms with Crippen molar-refractivity contribution in [3.8, 4) is 0 Å². The molecule has 1 heterocycles. The second-order valence-electron chi connectivity index (χ2n) is 19.3. The normalized spacial score (nSPS) is 18.2. The Bertz CT molecular complexity index is 1840. The number of carboxylic acids is 1. The van der Waals surface area contributed by atoms with E-state index in [2.05, 4.69) is 0 Å². The summed E-state index contributed by atoms with van der Waals surface area (Å²) in [6.45, 7) is 16.6. The molecule has 0 bridgehead atoms. The Morgan fingerprint density at radius 3 is 1.94 bits per heavy atom. The molecule has 0 saturated carbocycles. The van der Waals surface area contributed by atoms with E-state index >= 15 is 0 Å². The number of carbonyl (C=O) groups excluding carboxylic acids is 5. The molecule has 1 saturated heterocycles. The fourth-order valence-electron chi connectivity index (χ4n) is 9.98. The van der Waals surface area contributed by atoms with Crippen LogP contribution in [0.4, 0.5) is 0 Å². The Kier molecular flexibility index (Phi) is 23.2. The lowest BCUT2D eigenvalue weighted by molar-refractivity contribution is -0.153. The summed E-state index contributed by atoms with van der Waals surface area (Å²) in [7, 11) is 6.68. The Morgan fingerprint density at radius 2 is 1.39 bits per heavy atom. The van der Waals surface area contributed by atoms with Gasteiger partial charge in [0.2, 0.25) is 11.8 Å². The molecule has 2 aromatic carbocycles. The molecule has 13 nitrogen and oxygen atoms in total. The number of nitrogens with zero attached hydrogens (tertiary/aromatic N) is 3. The van der Waals surface area contributed by atoms with E-state index in [-0.39, 0.29) is 79.3 Å². The number of rotatable bonds is 29. The molecule has 66 heavy (non-hydrogen) atoms. The van der Waals surface area contributed by atoms with Crippen LogP contribution in [0.3, 0.4) is 0 Å². The van der Waals surface area contributed by atoms with Crippen molar-refractivity contribution in [3.63, 3.8) is 0 Å². The molecule has 0 aromatic heterocycles. The zero-order valence-corrected chi connectivity index (χ0v) is 41.9. The van der Waals surface area contributed by atoms with Crippen LogP contribution in [0.25, 0.3) is 0 Å². The summed E-state index contributed by atoms with van der Waals surface area (Å²) in [6.07, 6.45) is 1.14. The monoisotopic (exact) mass is 920 g/mol. The number of amides is 2. The molecular weight excluding hydrogens is 839 g/mol. The molecule has 1 fully saturated rings. The van der Waals surface area contributed by atoms with Crippen LogP contribution in [0, 0.1) is 35.5 Å². The van der Waals surface area contributed by atoms with E-state index in [1.165, 1.54) is 0 Å². The minimum atomic E-state index is -0.882. The number of benzene rings is 2. The third-order valence-electron chi connectivity index (χ3n) is 14.1. The first kappa shape index (κ1) is 55.9. The van der Waals surface area contributed by atoms with Crippen molar-refractivity contribution >= 4 is 35.3 Å². The summed E-state index contributed by atoms with van der Waals surface area (Å²) >= 11 is 0. The van der Waals surface area contributed by atoms with Crippen molar-refractivity contribution in [1.82, 2.24) is 14.7 Å². The van der Waals surface area contributed by atoms with E-state index in [9.17, 15) is 28.8 Å². The molecule has 1 N–H and O–H groups in total. The first-order valence-corrected chi connectivity index (χ1v) is 24.1. The lowest BCUT2D eigenvalue weighted by Crippen LogP contribution is -2.54. The van der Waals surface area contributed by atoms with Gasteiger partial charge in [0.25, 0.3) is 0 Å². The van der Waals surface area contributed by atoms with E-state index in [0.717, 1.165) is 17.5 Å². The van der Waals surface area contributed by atoms with Gasteiger partial charge in [0, 0.05) is 58.9 Å². The van der Waals surface area contributed by atoms with Gasteiger partial charge >= 0.3 is 11.9 Å². The van der Waals surface area contributed by atoms with E-state index in [4.69, 9.17) is 19.3 Å². The topological polar surface area (TPSA) is 160 Å². The highest BCUT2D eigenvalue weighted by atomic mass is 16.5. The van der Waals surface area contributed by atoms with Crippen molar-refractivity contribution in [2.24, 2.45) is 35.5 Å². The standard InChI is InChI=1S/C53H81N3O10/c1-13-36(6)50(55(10)52(62)41(34(2)3)30-45(58)49(35(4)5)54(9)28-21-27-48(60)61)46(64-11)32-47(59)56-29-20-26-43(56)51(65-12)38(8)44(57)31-42(37(7)40-24-18-15-19-25-40)53(63)66-33-39-22-16-14-17-23-39/h14-19,22-25,34-38,41-43,46,49-51H,13,20-21,26-33H2,1-12H3,(H,60,61)/t36-,37-,38-,41-,42-,43-,46+,49-,50-,51+/m0/s1. The number of ketones is 2. The SMILES string of the molecule is CC[C@H](C)[C@@H]([C@@H](CC(=O)N1CCC[C@H]1[C@H](OC)[C@@H](C)C(=O)C[C@H](C(=O)OCc1ccccc1)[C@@H](C)c1ccccc1)OC)N(C)C(=O)[C@@H](CC(=O)[C@H](C(C)C)N(C)CCCC(=O)O)C(C)C. The molecular formula is C53H81N3O10. The molecule has 0 unspecified atom stereocenters. The zero-order chi connectivity index (χ0) is 49.2. The maximum atomic E-state index is 14.6. The molecule has 1 aliphatic rings. The molecule has 2 aromatic rings. The Labute approximate surface area is 395 Å². The van der Waals surface area contributed by atoms with Crippen LogP contribution in [-0.4, -0.2) is 127 Å². The van der Waals surface area contributed by atoms with Crippen molar-refractivity contribution < 1.29 is 48.1 Å². The molecule has 0 aliphatic carbocycles. The van der Waals surface area contributed by atoms with E-state index in [1.807, 2.05) is 128 Å². The van der Waals surface area contributed by atoms with Crippen molar-refractivity contribution in [1.29, 1.82) is 0 Å². The van der Waals surface area contributed by atoms with E-state index in [0.29, 0.717) is 32.4 Å². The van der Waals surface area contributed by atoms with Crippen LogP contribution in [-0.2, 0) is 49.6 Å². The number of aliphatic carboxylic acids is 1. The third kappa shape index (κ3) is 15.6. The summed E-state index contributed by atoms with van der Waals surface area (Å²) in [6, 6.07) is 17.7. The highest BCUT2D eigenvalue weighted by Crippen LogP contribution is 2.34. The summed E-state index contributed by atoms with van der Waals surface area (Å²) in [5.74, 6) is -4.49. The number of likely N-dealkylation sites (tertiary alicyclic amines) is 1. The van der Waals surface area contributed by atoms with E-state index < -0.39 is 60.0 Å². The van der Waals surface area contributed by atoms with Crippen molar-refractivity contribution in [2.75, 3.05) is 41.4 Å². The molecule has 1 aliphatic heterocycles. The predicted octanol–water partition coefficient (Wildman–Crippen LogP) is 8.08. The van der Waals surface area contributed by atoms with Gasteiger partial charge in [0.1, 0.15) is 12.4 Å². The first-order chi connectivity index (χ1) is 31.3. The first-order valence-electron chi connectivity index (χ1n) is 24.1. The van der Waals surface area contributed by atoms with Gasteiger partial charge in [0.15, 0.2) is 5.78 Å². The summed E-state index contributed by atoms with van der Waals surface area (Å²) in [4.78, 5) is 87.7. The second-order valence-corrected chi connectivity index (χ2v) is 19.3. The molecule has 3 rings (SSSR count). The Hall–Kier alpha value is -4.46. The van der Waals surface area contributed by atoms with Crippen LogP contribution in [0.5, 0.6) is 0 Å². The average Bonchev–Trinajstić information content (AvgIpc) is 3.78. The number of carboxylic acid groups (broad SMARTS) is 1. The number of esters is 1. The van der Waals surface area contributed by atoms with Crippen LogP contribution in [0.1, 0.15) is 124 Å². The Balaban J connectivity index is 1.81. The number of carbonyl (C=O) groups is 6. The van der Waals surface area contributed by atoms with Gasteiger partial charge in [-0.25, -0.2) is 0 Å². The lowest BCUT2D eigenvalue weighted by atomic mass is 9.80. The van der Waals surface area contributed by atoms with Crippen molar-refractivity contribution in [3.05, 3.63) is 71.8 Å². The van der Waals surface area contributed by atoms with Gasteiger partial charge in [0.05, 0.1) is 42.7 Å². The maximum absolute atomic E-state index is 14.6. The molecule has 10 atom stereocenters. The smallest absolute Gasteiger partial charge is 0.310 e. The second kappa shape index (κ2) is 27.4. The number of Topliss-reactive ketones (excluding diaryl/α,β-unsaturated/α-hetero) is 2. The third-order valence-corrected chi connectivity index (χ3v) is 14.1. The minimum absolute atomic E-state index is 0.00978. The maximum Gasteiger partial charge on any atom is 0.310 e. The summed E-state index contributed by atoms with van der Waals surface area (Å²) in [5, 5.41) is 9.15. The van der Waals surface area contributed by atoms with Crippen LogP contribution >= 0.6 is 0 Å². The number of hydrogen-bond acceptors (Lipinski definition) is 10. The predicted molar refractivity (Wildman–Crippen MR) is 256 cm³/mol. The number of hydrogen-bond donors (Lipinski definition) is 1. The fourth-order valence-corrected chi connectivity index (χ4v) is 9.98. The number of methoxy groups -OCH3 is 2. The molecule has 13 heteroatoms. The van der Waals surface area contributed by atoms with Crippen molar-refractivity contribution in [2.45, 2.75) is 150 Å². The highest BCUT2D eigenvalue weighted by Gasteiger charge is 2.44. The molecule has 2 amide bonds. The quantitative estimate of drug-likeness (QED) is 0.0787. The van der Waals surface area contributed by atoms with Crippen LogP contribution < -0.4 is 0 Å². The molecule has 0 radical (unpaired) electrons. The summed E-state index contributed by atoms with van der Waals surface area (Å²) < 4.78 is 18.0. The van der Waals surface area contributed by atoms with Gasteiger partial charge in [-0.1, -0.05) is 122 Å². The molecule has 0 spiro atoms. The summed E-state index contributed by atoms with van der Waals surface area (Å²) in [5.41, 5.74) is 1.78. The minimum Gasteiger partial charge on any atom is -0.481 e.